The molecule has 1 aliphatic rings. The summed E-state index contributed by atoms with van der Waals surface area (Å²) in [5.74, 6) is 0. The highest BCUT2D eigenvalue weighted by atomic mass is 79.9. The van der Waals surface area contributed by atoms with Crippen LogP contribution in [0.4, 0.5) is 5.13 Å². The Hall–Kier alpha value is -0.160. The number of rotatable bonds is 1. The zero-order valence-electron chi connectivity index (χ0n) is 6.61. The molecule has 0 bridgehead atoms. The van der Waals surface area contributed by atoms with E-state index in [1.54, 1.807) is 16.8 Å². The van der Waals surface area contributed by atoms with Gasteiger partial charge in [-0.1, -0.05) is 27.3 Å². The van der Waals surface area contributed by atoms with E-state index in [2.05, 4.69) is 31.0 Å². The average Bonchev–Trinajstić information content (AvgIpc) is 2.56. The lowest BCUT2D eigenvalue weighted by molar-refractivity contribution is 0.593. The number of alkyl halides is 1. The number of nitrogens with zero attached hydrogens (tertiary/aromatic N) is 3. The molecule has 3 nitrogen and oxygen atoms in total. The molecule has 1 saturated heterocycles. The van der Waals surface area contributed by atoms with Gasteiger partial charge in [-0.3, -0.25) is 0 Å². The lowest BCUT2D eigenvalue weighted by atomic mass is 10.1. The molecule has 1 fully saturated rings. The summed E-state index contributed by atoms with van der Waals surface area (Å²) >= 11 is 5.24. The fourth-order valence-corrected chi connectivity index (χ4v) is 2.68. The first-order chi connectivity index (χ1) is 5.86. The largest absolute Gasteiger partial charge is 0.346 e. The molecule has 2 rings (SSSR count). The number of aromatic nitrogens is 2. The summed E-state index contributed by atoms with van der Waals surface area (Å²) in [7, 11) is 0. The second-order valence-corrected chi connectivity index (χ2v) is 5.01. The maximum atomic E-state index is 4.05. The summed E-state index contributed by atoms with van der Waals surface area (Å²) in [6, 6.07) is 0. The van der Waals surface area contributed by atoms with Gasteiger partial charge in [-0.25, -0.2) is 0 Å². The Balaban J connectivity index is 2.04. The summed E-state index contributed by atoms with van der Waals surface area (Å²) < 4.78 is 0. The van der Waals surface area contributed by atoms with Crippen LogP contribution in [0.3, 0.4) is 0 Å². The Morgan fingerprint density at radius 1 is 1.67 bits per heavy atom. The Labute approximate surface area is 83.9 Å². The second kappa shape index (κ2) is 3.70. The lowest BCUT2D eigenvalue weighted by Crippen LogP contribution is -2.35. The van der Waals surface area contributed by atoms with Crippen molar-refractivity contribution in [3.63, 3.8) is 0 Å². The number of halogens is 1. The molecule has 1 unspecified atom stereocenters. The van der Waals surface area contributed by atoms with Gasteiger partial charge in [0.25, 0.3) is 0 Å². The molecule has 1 aromatic rings. The number of anilines is 1. The van der Waals surface area contributed by atoms with Gasteiger partial charge in [0, 0.05) is 17.9 Å². The fourth-order valence-electron chi connectivity index (χ4n) is 1.40. The molecule has 1 atom stereocenters. The Morgan fingerprint density at radius 3 is 3.25 bits per heavy atom. The minimum Gasteiger partial charge on any atom is -0.346 e. The first kappa shape index (κ1) is 8.44. The minimum absolute atomic E-state index is 0.621. The summed E-state index contributed by atoms with van der Waals surface area (Å²) in [6.45, 7) is 2.19. The van der Waals surface area contributed by atoms with Crippen LogP contribution in [-0.2, 0) is 0 Å². The van der Waals surface area contributed by atoms with Gasteiger partial charge < -0.3 is 4.90 Å². The number of hydrogen-bond donors (Lipinski definition) is 0. The zero-order valence-corrected chi connectivity index (χ0v) is 9.01. The van der Waals surface area contributed by atoms with E-state index in [1.807, 2.05) is 0 Å². The summed E-state index contributed by atoms with van der Waals surface area (Å²) in [5.41, 5.74) is 1.78. The van der Waals surface area contributed by atoms with Gasteiger partial charge in [0.1, 0.15) is 5.51 Å². The van der Waals surface area contributed by atoms with Crippen molar-refractivity contribution in [3.8, 4) is 0 Å². The molecule has 1 aliphatic heterocycles. The first-order valence-electron chi connectivity index (χ1n) is 4.01. The van der Waals surface area contributed by atoms with Gasteiger partial charge in [0.05, 0.1) is 0 Å². The molecule has 0 aromatic carbocycles. The van der Waals surface area contributed by atoms with E-state index in [9.17, 15) is 0 Å². The van der Waals surface area contributed by atoms with Crippen LogP contribution < -0.4 is 4.90 Å². The van der Waals surface area contributed by atoms with E-state index < -0.39 is 0 Å². The van der Waals surface area contributed by atoms with Crippen LogP contribution in [0, 0.1) is 0 Å². The Kier molecular flexibility index (Phi) is 2.60. The molecule has 0 radical (unpaired) electrons. The molecule has 0 spiro atoms. The molecule has 0 saturated carbocycles. The summed E-state index contributed by atoms with van der Waals surface area (Å²) in [4.78, 5) is 2.91. The fraction of sp³-hybridized carbons (Fsp3) is 0.714. The average molecular weight is 248 g/mol. The van der Waals surface area contributed by atoms with Crippen LogP contribution in [0.15, 0.2) is 5.51 Å². The monoisotopic (exact) mass is 247 g/mol. The molecule has 0 amide bonds. The van der Waals surface area contributed by atoms with E-state index in [0.29, 0.717) is 4.83 Å². The van der Waals surface area contributed by atoms with Gasteiger partial charge >= 0.3 is 0 Å². The molecule has 2 heterocycles. The van der Waals surface area contributed by atoms with Gasteiger partial charge in [-0.2, -0.15) is 0 Å². The van der Waals surface area contributed by atoms with E-state index in [1.165, 1.54) is 12.8 Å². The van der Waals surface area contributed by atoms with Crippen LogP contribution in [0.2, 0.25) is 0 Å². The highest BCUT2D eigenvalue weighted by Crippen LogP contribution is 2.23. The van der Waals surface area contributed by atoms with Gasteiger partial charge in [0.15, 0.2) is 0 Å². The van der Waals surface area contributed by atoms with E-state index in [-0.39, 0.29) is 0 Å². The van der Waals surface area contributed by atoms with Crippen LogP contribution >= 0.6 is 27.3 Å². The third kappa shape index (κ3) is 1.77. The van der Waals surface area contributed by atoms with Gasteiger partial charge in [-0.15, -0.1) is 10.2 Å². The van der Waals surface area contributed by atoms with Crippen molar-refractivity contribution < 1.29 is 0 Å². The van der Waals surface area contributed by atoms with Crippen molar-refractivity contribution in [1.29, 1.82) is 0 Å². The Morgan fingerprint density at radius 2 is 2.58 bits per heavy atom. The smallest absolute Gasteiger partial charge is 0.208 e. The maximum absolute atomic E-state index is 4.05. The van der Waals surface area contributed by atoms with Gasteiger partial charge in [-0.05, 0) is 12.8 Å². The maximum Gasteiger partial charge on any atom is 0.208 e. The number of hydrogen-bond acceptors (Lipinski definition) is 4. The normalized spacial score (nSPS) is 24.4. The highest BCUT2D eigenvalue weighted by molar-refractivity contribution is 9.09. The van der Waals surface area contributed by atoms with Crippen molar-refractivity contribution in [2.24, 2.45) is 0 Å². The van der Waals surface area contributed by atoms with E-state index in [0.717, 1.165) is 18.2 Å². The van der Waals surface area contributed by atoms with E-state index in [4.69, 9.17) is 0 Å². The molecular weight excluding hydrogens is 238 g/mol. The summed E-state index contributed by atoms with van der Waals surface area (Å²) in [5, 5.41) is 8.94. The Bertz CT molecular complexity index is 239. The minimum atomic E-state index is 0.621. The summed E-state index contributed by atoms with van der Waals surface area (Å²) in [6.07, 6.45) is 2.52. The van der Waals surface area contributed by atoms with Crippen LogP contribution in [0.1, 0.15) is 12.8 Å². The third-order valence-electron chi connectivity index (χ3n) is 1.98. The molecule has 0 aliphatic carbocycles. The standard InChI is InChI=1S/C7H10BrN3S/c8-6-2-1-3-11(4-6)7-10-9-5-12-7/h5-6H,1-4H2. The van der Waals surface area contributed by atoms with Crippen molar-refractivity contribution >= 4 is 32.4 Å². The van der Waals surface area contributed by atoms with Crippen LogP contribution in [0.25, 0.3) is 0 Å². The van der Waals surface area contributed by atoms with E-state index >= 15 is 0 Å². The van der Waals surface area contributed by atoms with Crippen molar-refractivity contribution in [2.75, 3.05) is 18.0 Å². The topological polar surface area (TPSA) is 29.0 Å². The predicted octanol–water partition coefficient (Wildman–Crippen LogP) is 1.90. The number of piperidine rings is 1. The van der Waals surface area contributed by atoms with Crippen molar-refractivity contribution in [1.82, 2.24) is 10.2 Å². The molecule has 12 heavy (non-hydrogen) atoms. The quantitative estimate of drug-likeness (QED) is 0.711. The molecule has 5 heteroatoms. The highest BCUT2D eigenvalue weighted by Gasteiger charge is 2.19. The first-order valence-corrected chi connectivity index (χ1v) is 5.81. The molecular formula is C7H10BrN3S. The van der Waals surface area contributed by atoms with Crippen molar-refractivity contribution in [2.45, 2.75) is 17.7 Å². The predicted molar refractivity (Wildman–Crippen MR) is 54.1 cm³/mol. The van der Waals surface area contributed by atoms with Gasteiger partial charge in [0.2, 0.25) is 5.13 Å². The molecule has 66 valence electrons. The zero-order chi connectivity index (χ0) is 8.39. The molecule has 0 N–H and O–H groups in total. The SMILES string of the molecule is BrC1CCCN(c2nncs2)C1. The lowest BCUT2D eigenvalue weighted by Gasteiger charge is -2.28. The van der Waals surface area contributed by atoms with Crippen LogP contribution in [0.5, 0.6) is 0 Å². The van der Waals surface area contributed by atoms with Crippen LogP contribution in [-0.4, -0.2) is 28.1 Å². The van der Waals surface area contributed by atoms with Crippen molar-refractivity contribution in [3.05, 3.63) is 5.51 Å². The molecule has 1 aromatic heterocycles. The third-order valence-corrected chi connectivity index (χ3v) is 3.48. The second-order valence-electron chi connectivity index (χ2n) is 2.91.